The van der Waals surface area contributed by atoms with E-state index in [4.69, 9.17) is 0 Å². The molecule has 1 aromatic heterocycles. The highest BCUT2D eigenvalue weighted by atomic mass is 79.9. The van der Waals surface area contributed by atoms with Crippen molar-refractivity contribution in [1.82, 2.24) is 9.71 Å². The third-order valence-corrected chi connectivity index (χ3v) is 5.32. The summed E-state index contributed by atoms with van der Waals surface area (Å²) in [6, 6.07) is 9.80. The summed E-state index contributed by atoms with van der Waals surface area (Å²) in [6.45, 7) is 0.379. The van der Waals surface area contributed by atoms with E-state index in [1.54, 1.807) is 6.20 Å². The first-order valence-electron chi connectivity index (χ1n) is 5.48. The number of aromatic nitrogens is 1. The number of rotatable bonds is 5. The molecule has 0 saturated carbocycles. The summed E-state index contributed by atoms with van der Waals surface area (Å²) in [5, 5.41) is 1.07. The standard InChI is InChI=1S/C12H13BrN2O2S/c13-9-18(16,17)15-8-6-11-4-1-3-10-5-2-7-14-12(10)11/h1-5,7,15H,6,8-9H2. The molecule has 4 nitrogen and oxygen atoms in total. The topological polar surface area (TPSA) is 59.1 Å². The Morgan fingerprint density at radius 2 is 2.00 bits per heavy atom. The molecule has 0 aliphatic heterocycles. The Morgan fingerprint density at radius 3 is 2.78 bits per heavy atom. The van der Waals surface area contributed by atoms with Crippen LogP contribution in [0.15, 0.2) is 36.5 Å². The largest absolute Gasteiger partial charge is 0.256 e. The van der Waals surface area contributed by atoms with Crippen LogP contribution in [0.1, 0.15) is 5.56 Å². The normalized spacial score (nSPS) is 11.8. The maximum Gasteiger partial charge on any atom is 0.221 e. The average molecular weight is 329 g/mol. The van der Waals surface area contributed by atoms with E-state index < -0.39 is 10.0 Å². The second-order valence-corrected chi connectivity index (χ2v) is 6.97. The lowest BCUT2D eigenvalue weighted by atomic mass is 10.1. The zero-order valence-corrected chi connectivity index (χ0v) is 12.0. The molecule has 0 radical (unpaired) electrons. The molecule has 1 aromatic carbocycles. The van der Waals surface area contributed by atoms with Crippen LogP contribution < -0.4 is 4.72 Å². The van der Waals surface area contributed by atoms with Crippen LogP contribution in [-0.2, 0) is 16.4 Å². The molecule has 0 amide bonds. The SMILES string of the molecule is O=S(=O)(CBr)NCCc1cccc2cccnc12. The molecule has 6 heteroatoms. The van der Waals surface area contributed by atoms with E-state index in [9.17, 15) is 8.42 Å². The fourth-order valence-electron chi connectivity index (χ4n) is 1.75. The first kappa shape index (κ1) is 13.5. The summed E-state index contributed by atoms with van der Waals surface area (Å²) in [4.78, 5) is 4.33. The summed E-state index contributed by atoms with van der Waals surface area (Å²) in [5.41, 5.74) is 1.98. The highest BCUT2D eigenvalue weighted by molar-refractivity contribution is 9.10. The second kappa shape index (κ2) is 5.77. The van der Waals surface area contributed by atoms with E-state index in [0.29, 0.717) is 13.0 Å². The number of nitrogens with one attached hydrogen (secondary N) is 1. The van der Waals surface area contributed by atoms with Gasteiger partial charge in [-0.3, -0.25) is 4.98 Å². The van der Waals surface area contributed by atoms with Gasteiger partial charge < -0.3 is 0 Å². The van der Waals surface area contributed by atoms with Crippen LogP contribution >= 0.6 is 15.9 Å². The fourth-order valence-corrected chi connectivity index (χ4v) is 2.72. The Balaban J connectivity index is 2.13. The van der Waals surface area contributed by atoms with Gasteiger partial charge in [0.05, 0.1) is 5.52 Å². The maximum atomic E-state index is 11.3. The molecule has 0 atom stereocenters. The molecular weight excluding hydrogens is 316 g/mol. The molecule has 0 saturated heterocycles. The number of sulfonamides is 1. The zero-order chi connectivity index (χ0) is 13.0. The quantitative estimate of drug-likeness (QED) is 0.854. The number of alkyl halides is 1. The van der Waals surface area contributed by atoms with Crippen molar-refractivity contribution in [2.75, 3.05) is 11.2 Å². The van der Waals surface area contributed by atoms with Gasteiger partial charge in [-0.15, -0.1) is 0 Å². The van der Waals surface area contributed by atoms with Crippen LogP contribution in [-0.4, -0.2) is 24.6 Å². The molecule has 0 spiro atoms. The van der Waals surface area contributed by atoms with Crippen molar-refractivity contribution in [2.24, 2.45) is 0 Å². The number of hydrogen-bond acceptors (Lipinski definition) is 3. The van der Waals surface area contributed by atoms with E-state index >= 15 is 0 Å². The van der Waals surface area contributed by atoms with Crippen molar-refractivity contribution in [3.05, 3.63) is 42.1 Å². The Hall–Kier alpha value is -0.980. The Labute approximate surface area is 115 Å². The van der Waals surface area contributed by atoms with Gasteiger partial charge >= 0.3 is 0 Å². The van der Waals surface area contributed by atoms with Gasteiger partial charge in [-0.2, -0.15) is 0 Å². The van der Waals surface area contributed by atoms with Gasteiger partial charge in [-0.05, 0) is 18.1 Å². The summed E-state index contributed by atoms with van der Waals surface area (Å²) in [6.07, 6.45) is 2.37. The van der Waals surface area contributed by atoms with Crippen LogP contribution in [0.25, 0.3) is 10.9 Å². The van der Waals surface area contributed by atoms with E-state index in [2.05, 4.69) is 25.6 Å². The molecule has 2 rings (SSSR count). The number of pyridine rings is 1. The third kappa shape index (κ3) is 3.28. The zero-order valence-electron chi connectivity index (χ0n) is 9.64. The molecule has 1 heterocycles. The Bertz CT molecular complexity index is 638. The molecule has 0 fully saturated rings. The molecule has 2 aromatic rings. The number of benzene rings is 1. The van der Waals surface area contributed by atoms with E-state index in [1.165, 1.54) is 0 Å². The fraction of sp³-hybridized carbons (Fsp3) is 0.250. The smallest absolute Gasteiger partial charge is 0.221 e. The molecule has 0 aliphatic rings. The monoisotopic (exact) mass is 328 g/mol. The number of nitrogens with zero attached hydrogens (tertiary/aromatic N) is 1. The molecule has 96 valence electrons. The van der Waals surface area contributed by atoms with E-state index in [-0.39, 0.29) is 4.66 Å². The highest BCUT2D eigenvalue weighted by Crippen LogP contribution is 2.16. The molecule has 0 unspecified atom stereocenters. The van der Waals surface area contributed by atoms with Gasteiger partial charge in [0.25, 0.3) is 0 Å². The molecule has 0 aliphatic carbocycles. The van der Waals surface area contributed by atoms with Crippen molar-refractivity contribution in [1.29, 1.82) is 0 Å². The summed E-state index contributed by atoms with van der Waals surface area (Å²) in [7, 11) is -3.20. The minimum absolute atomic E-state index is 0.0756. The van der Waals surface area contributed by atoms with Gasteiger partial charge in [-0.1, -0.05) is 40.2 Å². The second-order valence-electron chi connectivity index (χ2n) is 3.86. The lowest BCUT2D eigenvalue weighted by molar-refractivity contribution is 0.587. The maximum absolute atomic E-state index is 11.3. The van der Waals surface area contributed by atoms with Crippen LogP contribution in [0.4, 0.5) is 0 Å². The summed E-state index contributed by atoms with van der Waals surface area (Å²) >= 11 is 2.93. The van der Waals surface area contributed by atoms with Crippen molar-refractivity contribution in [3.63, 3.8) is 0 Å². The first-order chi connectivity index (χ1) is 8.62. The van der Waals surface area contributed by atoms with Gasteiger partial charge in [0.15, 0.2) is 0 Å². The van der Waals surface area contributed by atoms with Crippen LogP contribution in [0.3, 0.4) is 0 Å². The van der Waals surface area contributed by atoms with E-state index in [1.807, 2.05) is 30.3 Å². The van der Waals surface area contributed by atoms with Crippen LogP contribution in [0.2, 0.25) is 0 Å². The first-order valence-corrected chi connectivity index (χ1v) is 8.26. The van der Waals surface area contributed by atoms with Gasteiger partial charge in [0, 0.05) is 18.1 Å². The number of fused-ring (bicyclic) bond motifs is 1. The number of halogens is 1. The molecule has 0 bridgehead atoms. The van der Waals surface area contributed by atoms with Gasteiger partial charge in [0.2, 0.25) is 10.0 Å². The predicted octanol–water partition coefficient (Wildman–Crippen LogP) is 2.05. The number of para-hydroxylation sites is 1. The van der Waals surface area contributed by atoms with Gasteiger partial charge in [-0.25, -0.2) is 13.1 Å². The minimum Gasteiger partial charge on any atom is -0.256 e. The molecular formula is C12H13BrN2O2S. The van der Waals surface area contributed by atoms with Crippen molar-refractivity contribution in [3.8, 4) is 0 Å². The Morgan fingerprint density at radius 1 is 1.22 bits per heavy atom. The summed E-state index contributed by atoms with van der Waals surface area (Å²) < 4.78 is 25.0. The third-order valence-electron chi connectivity index (χ3n) is 2.58. The van der Waals surface area contributed by atoms with Crippen molar-refractivity contribution < 1.29 is 8.42 Å². The minimum atomic E-state index is -3.20. The van der Waals surface area contributed by atoms with Gasteiger partial charge in [0.1, 0.15) is 4.66 Å². The van der Waals surface area contributed by atoms with Crippen molar-refractivity contribution >= 4 is 36.9 Å². The van der Waals surface area contributed by atoms with Crippen LogP contribution in [0, 0.1) is 0 Å². The number of hydrogen-bond donors (Lipinski definition) is 1. The predicted molar refractivity (Wildman–Crippen MR) is 76.2 cm³/mol. The summed E-state index contributed by atoms with van der Waals surface area (Å²) in [5.74, 6) is 0. The molecule has 18 heavy (non-hydrogen) atoms. The Kier molecular flexibility index (Phi) is 4.31. The van der Waals surface area contributed by atoms with Crippen molar-refractivity contribution in [2.45, 2.75) is 6.42 Å². The molecule has 1 N–H and O–H groups in total. The average Bonchev–Trinajstić information content (AvgIpc) is 2.39. The lowest BCUT2D eigenvalue weighted by Crippen LogP contribution is -2.26. The van der Waals surface area contributed by atoms with E-state index in [0.717, 1.165) is 16.5 Å². The van der Waals surface area contributed by atoms with Crippen LogP contribution in [0.5, 0.6) is 0 Å². The highest BCUT2D eigenvalue weighted by Gasteiger charge is 2.07. The lowest BCUT2D eigenvalue weighted by Gasteiger charge is -2.06.